The van der Waals surface area contributed by atoms with Crippen molar-refractivity contribution in [3.63, 3.8) is 0 Å². The Morgan fingerprint density at radius 2 is 1.66 bits per heavy atom. The summed E-state index contributed by atoms with van der Waals surface area (Å²) in [6.45, 7) is 1.30. The molecule has 0 radical (unpaired) electrons. The Labute approximate surface area is 176 Å². The standard InChI is InChI=1S/C18H12F7N3O3S/c1-8-2-3-10(6-15(8)31-18(23,24)25)28-14(7-13(27-28)17(21)22)9-4-11(19)16(12(20)5-9)32(26,29)30/h2-7,17H,1H3,(H2,26,29,30). The van der Waals surface area contributed by atoms with E-state index in [1.165, 1.54) is 19.1 Å². The first kappa shape index (κ1) is 23.5. The van der Waals surface area contributed by atoms with Crippen LogP contribution in [0.5, 0.6) is 5.75 Å². The lowest BCUT2D eigenvalue weighted by atomic mass is 10.1. The Morgan fingerprint density at radius 3 is 2.16 bits per heavy atom. The van der Waals surface area contributed by atoms with Gasteiger partial charge in [0.05, 0.1) is 11.4 Å². The maximum Gasteiger partial charge on any atom is 0.573 e. The molecule has 1 heterocycles. The van der Waals surface area contributed by atoms with E-state index in [4.69, 9.17) is 5.14 Å². The number of nitrogens with zero attached hydrogens (tertiary/aromatic N) is 2. The maximum atomic E-state index is 14.3. The number of sulfonamides is 1. The number of hydrogen-bond acceptors (Lipinski definition) is 4. The van der Waals surface area contributed by atoms with E-state index in [0.29, 0.717) is 12.1 Å². The zero-order chi connectivity index (χ0) is 24.0. The van der Waals surface area contributed by atoms with E-state index in [9.17, 15) is 39.2 Å². The van der Waals surface area contributed by atoms with Gasteiger partial charge in [0.15, 0.2) is 4.90 Å². The fourth-order valence-corrected chi connectivity index (χ4v) is 3.50. The van der Waals surface area contributed by atoms with E-state index >= 15 is 0 Å². The predicted octanol–water partition coefficient (Wildman–Crippen LogP) is 4.61. The van der Waals surface area contributed by atoms with Crippen LogP contribution in [0.15, 0.2) is 41.3 Å². The molecule has 0 saturated heterocycles. The van der Waals surface area contributed by atoms with Crippen molar-refractivity contribution in [1.82, 2.24) is 9.78 Å². The van der Waals surface area contributed by atoms with Gasteiger partial charge in [-0.25, -0.2) is 35.8 Å². The molecule has 0 amide bonds. The molecule has 0 atom stereocenters. The van der Waals surface area contributed by atoms with Gasteiger partial charge >= 0.3 is 6.36 Å². The van der Waals surface area contributed by atoms with Crippen LogP contribution in [-0.4, -0.2) is 24.6 Å². The first-order chi connectivity index (χ1) is 14.7. The first-order valence-electron chi connectivity index (χ1n) is 8.44. The van der Waals surface area contributed by atoms with E-state index in [1.54, 1.807) is 0 Å². The molecule has 0 spiro atoms. The van der Waals surface area contributed by atoms with Crippen LogP contribution in [0.1, 0.15) is 17.7 Å². The summed E-state index contributed by atoms with van der Waals surface area (Å²) in [6, 6.07) is 5.05. The molecule has 3 aromatic rings. The van der Waals surface area contributed by atoms with Gasteiger partial charge in [-0.05, 0) is 36.8 Å². The molecule has 1 aromatic heterocycles. The van der Waals surface area contributed by atoms with Crippen LogP contribution >= 0.6 is 0 Å². The summed E-state index contributed by atoms with van der Waals surface area (Å²) in [6.07, 6.45) is -8.18. The minimum absolute atomic E-state index is 0.0588. The van der Waals surface area contributed by atoms with Gasteiger partial charge in [0.1, 0.15) is 23.1 Å². The maximum absolute atomic E-state index is 14.3. The van der Waals surface area contributed by atoms with Crippen LogP contribution in [0.3, 0.4) is 0 Å². The van der Waals surface area contributed by atoms with Gasteiger partial charge in [-0.1, -0.05) is 6.07 Å². The van der Waals surface area contributed by atoms with Crippen LogP contribution in [0, 0.1) is 18.6 Å². The summed E-state index contributed by atoms with van der Waals surface area (Å²) in [5, 5.41) is 8.36. The van der Waals surface area contributed by atoms with Crippen molar-refractivity contribution in [2.24, 2.45) is 5.14 Å². The molecular weight excluding hydrogens is 471 g/mol. The number of ether oxygens (including phenoxy) is 1. The second-order valence-electron chi connectivity index (χ2n) is 6.48. The number of alkyl halides is 5. The van der Waals surface area contributed by atoms with Crippen LogP contribution in [-0.2, 0) is 10.0 Å². The van der Waals surface area contributed by atoms with Crippen molar-refractivity contribution in [2.75, 3.05) is 0 Å². The van der Waals surface area contributed by atoms with Crippen molar-refractivity contribution in [1.29, 1.82) is 0 Å². The van der Waals surface area contributed by atoms with Gasteiger partial charge in [0.2, 0.25) is 10.0 Å². The quantitative estimate of drug-likeness (QED) is 0.537. The van der Waals surface area contributed by atoms with Crippen molar-refractivity contribution in [3.05, 3.63) is 59.3 Å². The third-order valence-corrected chi connectivity index (χ3v) is 5.13. The van der Waals surface area contributed by atoms with Crippen molar-refractivity contribution in [3.8, 4) is 22.7 Å². The SMILES string of the molecule is Cc1ccc(-n2nc(C(F)F)cc2-c2cc(F)c(S(N)(=O)=O)c(F)c2)cc1OC(F)(F)F. The van der Waals surface area contributed by atoms with Crippen molar-refractivity contribution in [2.45, 2.75) is 24.6 Å². The Bertz CT molecular complexity index is 1260. The van der Waals surface area contributed by atoms with E-state index in [1.807, 2.05) is 0 Å². The van der Waals surface area contributed by atoms with E-state index in [-0.39, 0.29) is 16.9 Å². The normalized spacial score (nSPS) is 12.4. The van der Waals surface area contributed by atoms with Gasteiger partial charge in [-0.2, -0.15) is 5.10 Å². The molecule has 0 aliphatic rings. The summed E-state index contributed by atoms with van der Waals surface area (Å²) < 4.78 is 120. The lowest BCUT2D eigenvalue weighted by Crippen LogP contribution is -2.18. The van der Waals surface area contributed by atoms with Crippen LogP contribution in [0.25, 0.3) is 16.9 Å². The smallest absolute Gasteiger partial charge is 0.405 e. The molecule has 32 heavy (non-hydrogen) atoms. The van der Waals surface area contributed by atoms with Gasteiger partial charge in [0, 0.05) is 11.6 Å². The molecule has 0 bridgehead atoms. The molecule has 2 aromatic carbocycles. The van der Waals surface area contributed by atoms with Gasteiger partial charge in [-0.3, -0.25) is 0 Å². The third kappa shape index (κ3) is 4.85. The Kier molecular flexibility index (Phi) is 5.95. The van der Waals surface area contributed by atoms with Gasteiger partial charge in [-0.15, -0.1) is 13.2 Å². The van der Waals surface area contributed by atoms with Crippen LogP contribution < -0.4 is 9.88 Å². The summed E-state index contributed by atoms with van der Waals surface area (Å²) in [7, 11) is -4.78. The fourth-order valence-electron chi connectivity index (χ4n) is 2.84. The molecule has 3 rings (SSSR count). The Hall–Kier alpha value is -3.13. The second kappa shape index (κ2) is 8.09. The minimum atomic E-state index is -5.04. The van der Waals surface area contributed by atoms with Gasteiger partial charge < -0.3 is 4.74 Å². The number of aromatic nitrogens is 2. The van der Waals surface area contributed by atoms with Crippen molar-refractivity contribution < 1.29 is 43.9 Å². The number of halogens is 7. The second-order valence-corrected chi connectivity index (χ2v) is 7.98. The number of nitrogens with two attached hydrogens (primary N) is 1. The molecule has 0 aliphatic carbocycles. The third-order valence-electron chi connectivity index (χ3n) is 4.17. The highest BCUT2D eigenvalue weighted by atomic mass is 32.2. The molecular formula is C18H12F7N3O3S. The van der Waals surface area contributed by atoms with E-state index in [2.05, 4.69) is 9.84 Å². The Morgan fingerprint density at radius 1 is 1.06 bits per heavy atom. The molecule has 2 N–H and O–H groups in total. The average molecular weight is 483 g/mol. The molecule has 0 aliphatic heterocycles. The lowest BCUT2D eigenvalue weighted by Gasteiger charge is -2.14. The lowest BCUT2D eigenvalue weighted by molar-refractivity contribution is -0.274. The topological polar surface area (TPSA) is 87.2 Å². The number of primary sulfonamides is 1. The molecule has 14 heteroatoms. The monoisotopic (exact) mass is 483 g/mol. The zero-order valence-electron chi connectivity index (χ0n) is 15.8. The first-order valence-corrected chi connectivity index (χ1v) is 9.99. The predicted molar refractivity (Wildman–Crippen MR) is 96.7 cm³/mol. The number of rotatable bonds is 5. The van der Waals surface area contributed by atoms with E-state index in [0.717, 1.165) is 16.8 Å². The zero-order valence-corrected chi connectivity index (χ0v) is 16.6. The molecule has 0 fully saturated rings. The molecule has 0 saturated carbocycles. The summed E-state index contributed by atoms with van der Waals surface area (Å²) in [4.78, 5) is -1.43. The van der Waals surface area contributed by atoms with Crippen molar-refractivity contribution >= 4 is 10.0 Å². The van der Waals surface area contributed by atoms with Crippen LogP contribution in [0.2, 0.25) is 0 Å². The van der Waals surface area contributed by atoms with Crippen LogP contribution in [0.4, 0.5) is 30.7 Å². The van der Waals surface area contributed by atoms with Gasteiger partial charge in [0.25, 0.3) is 6.43 Å². The number of benzene rings is 2. The summed E-state index contributed by atoms with van der Waals surface area (Å²) in [5.74, 6) is -3.85. The minimum Gasteiger partial charge on any atom is -0.405 e. The average Bonchev–Trinajstić information content (AvgIpc) is 3.06. The highest BCUT2D eigenvalue weighted by molar-refractivity contribution is 7.89. The summed E-state index contributed by atoms with van der Waals surface area (Å²) >= 11 is 0. The molecule has 0 unspecified atom stereocenters. The molecule has 6 nitrogen and oxygen atoms in total. The van der Waals surface area contributed by atoms with E-state index < -0.39 is 56.3 Å². The Balaban J connectivity index is 2.22. The summed E-state index contributed by atoms with van der Waals surface area (Å²) in [5.41, 5.74) is -1.78. The molecule has 172 valence electrons. The highest BCUT2D eigenvalue weighted by Gasteiger charge is 2.32. The fraction of sp³-hybridized carbons (Fsp3) is 0.167. The number of hydrogen-bond donors (Lipinski definition) is 1. The number of aryl methyl sites for hydroxylation is 1. The highest BCUT2D eigenvalue weighted by Crippen LogP contribution is 2.33. The largest absolute Gasteiger partial charge is 0.573 e.